The summed E-state index contributed by atoms with van der Waals surface area (Å²) in [6, 6.07) is 7.88. The number of amides is 1. The fraction of sp³-hybridized carbons (Fsp3) is 0.409. The molecule has 0 saturated carbocycles. The van der Waals surface area contributed by atoms with E-state index < -0.39 is 5.54 Å². The molecule has 0 radical (unpaired) electrons. The molecule has 1 N–H and O–H groups in total. The van der Waals surface area contributed by atoms with Crippen molar-refractivity contribution < 1.29 is 14.6 Å². The van der Waals surface area contributed by atoms with Gasteiger partial charge in [0, 0.05) is 29.7 Å². The van der Waals surface area contributed by atoms with Crippen LogP contribution >= 0.6 is 0 Å². The molecule has 2 aromatic rings. The molecule has 1 spiro atoms. The van der Waals surface area contributed by atoms with Gasteiger partial charge in [-0.1, -0.05) is 12.1 Å². The smallest absolute Gasteiger partial charge is 0.223 e. The molecule has 4 nitrogen and oxygen atoms in total. The zero-order chi connectivity index (χ0) is 18.6. The lowest BCUT2D eigenvalue weighted by atomic mass is 9.71. The van der Waals surface area contributed by atoms with E-state index in [-0.39, 0.29) is 11.7 Å². The molecule has 2 aliphatic heterocycles. The highest BCUT2D eigenvalue weighted by Crippen LogP contribution is 2.56. The number of nitrogens with zero attached hydrogens (tertiary/aromatic N) is 1. The van der Waals surface area contributed by atoms with E-state index in [4.69, 9.17) is 4.74 Å². The van der Waals surface area contributed by atoms with Crippen LogP contribution in [0.25, 0.3) is 0 Å². The molecule has 1 saturated heterocycles. The van der Waals surface area contributed by atoms with Gasteiger partial charge in [0.1, 0.15) is 22.8 Å². The lowest BCUT2D eigenvalue weighted by molar-refractivity contribution is -0.140. The largest absolute Gasteiger partial charge is 0.508 e. The Kier molecular flexibility index (Phi) is 3.76. The zero-order valence-corrected chi connectivity index (χ0v) is 15.8. The molecule has 136 valence electrons. The first-order valence-corrected chi connectivity index (χ1v) is 9.34. The van der Waals surface area contributed by atoms with Crippen molar-refractivity contribution in [2.24, 2.45) is 0 Å². The third-order valence-electron chi connectivity index (χ3n) is 6.16. The van der Waals surface area contributed by atoms with Crippen LogP contribution in [-0.2, 0) is 10.3 Å². The first-order chi connectivity index (χ1) is 12.4. The second-order valence-electron chi connectivity index (χ2n) is 7.42. The van der Waals surface area contributed by atoms with Gasteiger partial charge >= 0.3 is 0 Å². The van der Waals surface area contributed by atoms with Crippen LogP contribution in [0.1, 0.15) is 54.0 Å². The lowest BCUT2D eigenvalue weighted by Gasteiger charge is -2.50. The number of hydrogen-bond donors (Lipinski definition) is 1. The highest BCUT2D eigenvalue weighted by molar-refractivity contribution is 5.81. The van der Waals surface area contributed by atoms with E-state index in [1.165, 1.54) is 0 Å². The first-order valence-electron chi connectivity index (χ1n) is 9.34. The van der Waals surface area contributed by atoms with Gasteiger partial charge in [0.15, 0.2) is 0 Å². The van der Waals surface area contributed by atoms with E-state index in [1.807, 2.05) is 24.8 Å². The molecule has 1 fully saturated rings. The molecule has 4 heteroatoms. The topological polar surface area (TPSA) is 49.8 Å². The number of carbonyl (C=O) groups excluding carboxylic acids is 1. The highest BCUT2D eigenvalue weighted by Gasteiger charge is 2.50. The summed E-state index contributed by atoms with van der Waals surface area (Å²) < 4.78 is 6.36. The van der Waals surface area contributed by atoms with Crippen LogP contribution in [0.2, 0.25) is 0 Å². The number of hydrogen-bond acceptors (Lipinski definition) is 3. The van der Waals surface area contributed by atoms with Crippen molar-refractivity contribution >= 4 is 5.91 Å². The molecule has 0 bridgehead atoms. The summed E-state index contributed by atoms with van der Waals surface area (Å²) in [6.07, 6.45) is 2.30. The van der Waals surface area contributed by atoms with E-state index >= 15 is 0 Å². The predicted octanol–water partition coefficient (Wildman–Crippen LogP) is 4.70. The summed E-state index contributed by atoms with van der Waals surface area (Å²) >= 11 is 0. The predicted molar refractivity (Wildman–Crippen MR) is 101 cm³/mol. The van der Waals surface area contributed by atoms with Crippen LogP contribution in [0.5, 0.6) is 17.2 Å². The van der Waals surface area contributed by atoms with Gasteiger partial charge in [-0.15, -0.1) is 0 Å². The molecule has 0 aliphatic carbocycles. The number of aryl methyl sites for hydroxylation is 1. The molecule has 2 aliphatic rings. The third kappa shape index (κ3) is 2.05. The van der Waals surface area contributed by atoms with Gasteiger partial charge in [-0.25, -0.2) is 0 Å². The van der Waals surface area contributed by atoms with E-state index in [1.54, 1.807) is 6.07 Å². The van der Waals surface area contributed by atoms with Gasteiger partial charge < -0.3 is 14.7 Å². The fourth-order valence-corrected chi connectivity index (χ4v) is 4.62. The van der Waals surface area contributed by atoms with E-state index in [0.717, 1.165) is 46.4 Å². The second-order valence-corrected chi connectivity index (χ2v) is 7.42. The minimum Gasteiger partial charge on any atom is -0.508 e. The number of rotatable bonds is 1. The van der Waals surface area contributed by atoms with E-state index in [2.05, 4.69) is 26.0 Å². The summed E-state index contributed by atoms with van der Waals surface area (Å²) in [7, 11) is 0. The van der Waals surface area contributed by atoms with Gasteiger partial charge in [-0.3, -0.25) is 4.79 Å². The number of phenols is 1. The van der Waals surface area contributed by atoms with E-state index in [0.29, 0.717) is 18.7 Å². The normalized spacial score (nSPS) is 21.4. The quantitative estimate of drug-likeness (QED) is 0.810. The number of benzene rings is 2. The Morgan fingerprint density at radius 2 is 1.73 bits per heavy atom. The standard InChI is InChI=1S/C22H25NO3/c1-5-23-19(25)7-6-12-22(23)16-9-8-13(2)14(3)20(16)26-21-15(4)18(24)11-10-17(21)22/h8-11,24H,5-7,12H2,1-4H3. The number of piperidine rings is 1. The van der Waals surface area contributed by atoms with Crippen LogP contribution in [0.3, 0.4) is 0 Å². The molecule has 4 rings (SSSR count). The Balaban J connectivity index is 2.10. The number of phenolic OH excluding ortho intramolecular Hbond substituents is 1. The number of likely N-dealkylation sites (tertiary alicyclic amines) is 1. The number of carbonyl (C=O) groups is 1. The lowest BCUT2D eigenvalue weighted by Crippen LogP contribution is -2.54. The monoisotopic (exact) mass is 351 g/mol. The Bertz CT molecular complexity index is 859. The molecule has 2 aromatic carbocycles. The molecule has 1 amide bonds. The fourth-order valence-electron chi connectivity index (χ4n) is 4.62. The second kappa shape index (κ2) is 5.76. The third-order valence-corrected chi connectivity index (χ3v) is 6.16. The Hall–Kier alpha value is -2.49. The highest BCUT2D eigenvalue weighted by atomic mass is 16.5. The minimum atomic E-state index is -0.524. The van der Waals surface area contributed by atoms with Crippen LogP contribution in [0.4, 0.5) is 0 Å². The molecule has 1 atom stereocenters. The van der Waals surface area contributed by atoms with Crippen LogP contribution in [0.15, 0.2) is 24.3 Å². The first kappa shape index (κ1) is 17.0. The van der Waals surface area contributed by atoms with Crippen molar-refractivity contribution in [2.45, 2.75) is 52.5 Å². The Labute approximate surface area is 154 Å². The van der Waals surface area contributed by atoms with Crippen LogP contribution in [0, 0.1) is 20.8 Å². The maximum absolute atomic E-state index is 12.9. The number of ether oxygens (including phenoxy) is 1. The maximum Gasteiger partial charge on any atom is 0.223 e. The summed E-state index contributed by atoms with van der Waals surface area (Å²) in [5.41, 5.74) is 4.49. The number of fused-ring (bicyclic) bond motifs is 4. The van der Waals surface area contributed by atoms with Crippen molar-refractivity contribution in [2.75, 3.05) is 6.54 Å². The van der Waals surface area contributed by atoms with Crippen molar-refractivity contribution in [3.63, 3.8) is 0 Å². The number of aromatic hydroxyl groups is 1. The van der Waals surface area contributed by atoms with Crippen molar-refractivity contribution in [3.05, 3.63) is 52.1 Å². The van der Waals surface area contributed by atoms with Gasteiger partial charge in [-0.2, -0.15) is 0 Å². The summed E-state index contributed by atoms with van der Waals surface area (Å²) in [6.45, 7) is 8.68. The molecular weight excluding hydrogens is 326 g/mol. The molecule has 26 heavy (non-hydrogen) atoms. The Morgan fingerprint density at radius 3 is 2.42 bits per heavy atom. The van der Waals surface area contributed by atoms with Crippen molar-refractivity contribution in [1.29, 1.82) is 0 Å². The van der Waals surface area contributed by atoms with Crippen LogP contribution in [-0.4, -0.2) is 22.5 Å². The van der Waals surface area contributed by atoms with Crippen molar-refractivity contribution in [1.82, 2.24) is 4.90 Å². The minimum absolute atomic E-state index is 0.182. The van der Waals surface area contributed by atoms with Gasteiger partial charge in [0.2, 0.25) is 5.91 Å². The average molecular weight is 351 g/mol. The van der Waals surface area contributed by atoms with E-state index in [9.17, 15) is 9.90 Å². The summed E-state index contributed by atoms with van der Waals surface area (Å²) in [5.74, 6) is 1.93. The Morgan fingerprint density at radius 1 is 1.08 bits per heavy atom. The van der Waals surface area contributed by atoms with Crippen LogP contribution < -0.4 is 4.74 Å². The summed E-state index contributed by atoms with van der Waals surface area (Å²) in [5, 5.41) is 10.2. The van der Waals surface area contributed by atoms with Gasteiger partial charge in [0.25, 0.3) is 0 Å². The SMILES string of the molecule is CCN1C(=O)CCCC12c1ccc(C)c(C)c1Oc1c2ccc(O)c1C. The molecule has 0 aromatic heterocycles. The zero-order valence-electron chi connectivity index (χ0n) is 15.8. The average Bonchev–Trinajstić information content (AvgIpc) is 2.62. The van der Waals surface area contributed by atoms with Crippen molar-refractivity contribution in [3.8, 4) is 17.2 Å². The van der Waals surface area contributed by atoms with Gasteiger partial charge in [-0.05, 0) is 63.8 Å². The molecule has 1 unspecified atom stereocenters. The molecule has 2 heterocycles. The maximum atomic E-state index is 12.9. The summed E-state index contributed by atoms with van der Waals surface area (Å²) in [4.78, 5) is 14.9. The molecular formula is C22H25NO3. The van der Waals surface area contributed by atoms with Gasteiger partial charge in [0.05, 0.1) is 0 Å².